The summed E-state index contributed by atoms with van der Waals surface area (Å²) in [4.78, 5) is 11.4. The Hall–Kier alpha value is -2.16. The summed E-state index contributed by atoms with van der Waals surface area (Å²) < 4.78 is 33.4. The Balaban J connectivity index is 3.08. The molecular formula is C13H13F2NO3. The van der Waals surface area contributed by atoms with E-state index in [-0.39, 0.29) is 24.3 Å². The third-order valence-corrected chi connectivity index (χ3v) is 2.37. The highest BCUT2D eigenvalue weighted by Gasteiger charge is 2.14. The topological polar surface area (TPSA) is 59.3 Å². The first-order chi connectivity index (χ1) is 8.97. The van der Waals surface area contributed by atoms with Crippen LogP contribution in [0.25, 0.3) is 0 Å². The summed E-state index contributed by atoms with van der Waals surface area (Å²) in [6, 6.07) is 4.53. The summed E-state index contributed by atoms with van der Waals surface area (Å²) in [7, 11) is 0. The third kappa shape index (κ3) is 4.21. The van der Waals surface area contributed by atoms with E-state index in [1.54, 1.807) is 13.8 Å². The van der Waals surface area contributed by atoms with Gasteiger partial charge >= 0.3 is 12.6 Å². The normalized spacial score (nSPS) is 10.1. The second-order valence-corrected chi connectivity index (χ2v) is 3.75. The van der Waals surface area contributed by atoms with Crippen molar-refractivity contribution in [3.05, 3.63) is 28.8 Å². The largest absolute Gasteiger partial charge is 0.466 e. The number of carbonyl (C=O) groups excluding carboxylic acids is 1. The molecule has 0 aliphatic carbocycles. The van der Waals surface area contributed by atoms with Crippen molar-refractivity contribution >= 4 is 5.97 Å². The van der Waals surface area contributed by atoms with E-state index in [0.29, 0.717) is 11.1 Å². The molecule has 0 fully saturated rings. The van der Waals surface area contributed by atoms with Crippen LogP contribution in [0.1, 0.15) is 23.6 Å². The molecule has 0 heterocycles. The maximum Gasteiger partial charge on any atom is 0.387 e. The van der Waals surface area contributed by atoms with Crippen molar-refractivity contribution < 1.29 is 23.0 Å². The smallest absolute Gasteiger partial charge is 0.387 e. The number of carbonyl (C=O) groups is 1. The van der Waals surface area contributed by atoms with Gasteiger partial charge in [0.25, 0.3) is 0 Å². The fourth-order valence-electron chi connectivity index (χ4n) is 1.66. The van der Waals surface area contributed by atoms with Gasteiger partial charge in [-0.05, 0) is 37.1 Å². The fourth-order valence-corrected chi connectivity index (χ4v) is 1.66. The molecule has 0 N–H and O–H groups in total. The number of hydrogen-bond acceptors (Lipinski definition) is 4. The lowest BCUT2D eigenvalue weighted by Crippen LogP contribution is -2.10. The first-order valence-corrected chi connectivity index (χ1v) is 5.62. The van der Waals surface area contributed by atoms with Gasteiger partial charge in [-0.1, -0.05) is 0 Å². The summed E-state index contributed by atoms with van der Waals surface area (Å²) in [6.07, 6.45) is -0.155. The minimum atomic E-state index is -2.96. The minimum Gasteiger partial charge on any atom is -0.466 e. The molecule has 0 aliphatic heterocycles. The Morgan fingerprint density at radius 1 is 1.47 bits per heavy atom. The first kappa shape index (κ1) is 14.9. The lowest BCUT2D eigenvalue weighted by Gasteiger charge is -2.11. The van der Waals surface area contributed by atoms with E-state index in [0.717, 1.165) is 0 Å². The minimum absolute atomic E-state index is 0.0780. The Morgan fingerprint density at radius 3 is 2.68 bits per heavy atom. The van der Waals surface area contributed by atoms with Gasteiger partial charge in [0.1, 0.15) is 5.75 Å². The lowest BCUT2D eigenvalue weighted by molar-refractivity contribution is -0.142. The number of rotatable bonds is 5. The van der Waals surface area contributed by atoms with Crippen LogP contribution in [0, 0.1) is 18.3 Å². The molecule has 6 heteroatoms. The Bertz CT molecular complexity index is 509. The van der Waals surface area contributed by atoms with Gasteiger partial charge in [-0.15, -0.1) is 0 Å². The van der Waals surface area contributed by atoms with Crippen LogP contribution < -0.4 is 4.74 Å². The SMILES string of the molecule is CCOC(=O)Cc1cc(OC(F)F)cc(C)c1C#N. The van der Waals surface area contributed by atoms with Crippen LogP contribution in [0.2, 0.25) is 0 Å². The molecule has 1 aromatic carbocycles. The van der Waals surface area contributed by atoms with Crippen LogP contribution >= 0.6 is 0 Å². The molecule has 0 radical (unpaired) electrons. The maximum atomic E-state index is 12.2. The summed E-state index contributed by atoms with van der Waals surface area (Å²) >= 11 is 0. The van der Waals surface area contributed by atoms with Gasteiger partial charge in [0.05, 0.1) is 24.7 Å². The molecule has 0 aliphatic rings. The lowest BCUT2D eigenvalue weighted by atomic mass is 10.00. The molecule has 0 aromatic heterocycles. The van der Waals surface area contributed by atoms with Crippen molar-refractivity contribution in [2.75, 3.05) is 6.61 Å². The number of alkyl halides is 2. The quantitative estimate of drug-likeness (QED) is 0.771. The van der Waals surface area contributed by atoms with Crippen LogP contribution in [-0.4, -0.2) is 19.2 Å². The van der Waals surface area contributed by atoms with E-state index in [1.165, 1.54) is 12.1 Å². The predicted molar refractivity (Wildman–Crippen MR) is 62.9 cm³/mol. The van der Waals surface area contributed by atoms with Crippen molar-refractivity contribution in [1.82, 2.24) is 0 Å². The number of benzene rings is 1. The fraction of sp³-hybridized carbons (Fsp3) is 0.385. The van der Waals surface area contributed by atoms with Crippen molar-refractivity contribution in [2.45, 2.75) is 26.9 Å². The molecule has 0 atom stereocenters. The Labute approximate surface area is 109 Å². The van der Waals surface area contributed by atoms with Crippen molar-refractivity contribution in [3.63, 3.8) is 0 Å². The first-order valence-electron chi connectivity index (χ1n) is 5.62. The molecule has 0 saturated heterocycles. The molecule has 19 heavy (non-hydrogen) atoms. The number of halogens is 2. The van der Waals surface area contributed by atoms with Gasteiger partial charge < -0.3 is 9.47 Å². The summed E-state index contributed by atoms with van der Waals surface area (Å²) in [5, 5.41) is 9.02. The van der Waals surface area contributed by atoms with Crippen LogP contribution in [0.15, 0.2) is 12.1 Å². The van der Waals surface area contributed by atoms with E-state index in [1.807, 2.05) is 6.07 Å². The molecule has 0 bridgehead atoms. The second-order valence-electron chi connectivity index (χ2n) is 3.75. The van der Waals surface area contributed by atoms with E-state index < -0.39 is 12.6 Å². The summed E-state index contributed by atoms with van der Waals surface area (Å²) in [5.74, 6) is -0.599. The van der Waals surface area contributed by atoms with Crippen LogP contribution in [0.5, 0.6) is 5.75 Å². The molecule has 1 rings (SSSR count). The molecule has 0 saturated carbocycles. The summed E-state index contributed by atoms with van der Waals surface area (Å²) in [6.45, 7) is 0.506. The number of aryl methyl sites for hydroxylation is 1. The van der Waals surface area contributed by atoms with Crippen LogP contribution in [0.3, 0.4) is 0 Å². The van der Waals surface area contributed by atoms with Gasteiger partial charge in [-0.3, -0.25) is 4.79 Å². The predicted octanol–water partition coefficient (Wildman–Crippen LogP) is 2.57. The van der Waals surface area contributed by atoms with Gasteiger partial charge in [0.2, 0.25) is 0 Å². The average molecular weight is 269 g/mol. The molecule has 4 nitrogen and oxygen atoms in total. The van der Waals surface area contributed by atoms with Crippen LogP contribution in [-0.2, 0) is 16.0 Å². The molecule has 0 unspecified atom stereocenters. The van der Waals surface area contributed by atoms with Gasteiger partial charge in [-0.2, -0.15) is 14.0 Å². The molecule has 1 aromatic rings. The third-order valence-electron chi connectivity index (χ3n) is 2.37. The standard InChI is InChI=1S/C13H13F2NO3/c1-3-18-12(17)6-9-5-10(19-13(14)15)4-8(2)11(9)7-16/h4-5,13H,3,6H2,1-2H3. The zero-order valence-electron chi connectivity index (χ0n) is 10.6. The van der Waals surface area contributed by atoms with Crippen molar-refractivity contribution in [2.24, 2.45) is 0 Å². The molecule has 0 spiro atoms. The van der Waals surface area contributed by atoms with E-state index >= 15 is 0 Å². The monoisotopic (exact) mass is 269 g/mol. The Morgan fingerprint density at radius 2 is 2.16 bits per heavy atom. The zero-order chi connectivity index (χ0) is 14.4. The number of nitriles is 1. The van der Waals surface area contributed by atoms with Crippen molar-refractivity contribution in [1.29, 1.82) is 5.26 Å². The number of esters is 1. The molecular weight excluding hydrogens is 256 g/mol. The number of nitrogens with zero attached hydrogens (tertiary/aromatic N) is 1. The van der Waals surface area contributed by atoms with Gasteiger partial charge in [0, 0.05) is 0 Å². The summed E-state index contributed by atoms with van der Waals surface area (Å²) in [5.41, 5.74) is 1.06. The van der Waals surface area contributed by atoms with E-state index in [2.05, 4.69) is 4.74 Å². The average Bonchev–Trinajstić information content (AvgIpc) is 2.27. The number of hydrogen-bond donors (Lipinski definition) is 0. The highest BCUT2D eigenvalue weighted by molar-refractivity contribution is 5.74. The maximum absolute atomic E-state index is 12.2. The highest BCUT2D eigenvalue weighted by Crippen LogP contribution is 2.24. The van der Waals surface area contributed by atoms with E-state index in [9.17, 15) is 13.6 Å². The zero-order valence-corrected chi connectivity index (χ0v) is 10.6. The highest BCUT2D eigenvalue weighted by atomic mass is 19.3. The second kappa shape index (κ2) is 6.69. The van der Waals surface area contributed by atoms with Gasteiger partial charge in [-0.25, -0.2) is 0 Å². The molecule has 102 valence electrons. The van der Waals surface area contributed by atoms with Crippen molar-refractivity contribution in [3.8, 4) is 11.8 Å². The molecule has 0 amide bonds. The Kier molecular flexibility index (Phi) is 5.24. The van der Waals surface area contributed by atoms with E-state index in [4.69, 9.17) is 10.00 Å². The van der Waals surface area contributed by atoms with Crippen LogP contribution in [0.4, 0.5) is 8.78 Å². The van der Waals surface area contributed by atoms with Gasteiger partial charge in [0.15, 0.2) is 0 Å². The number of ether oxygens (including phenoxy) is 2.